The summed E-state index contributed by atoms with van der Waals surface area (Å²) in [5.41, 5.74) is -0.803. The maximum Gasteiger partial charge on any atom is 0.221 e. The molecule has 0 saturated heterocycles. The predicted octanol–water partition coefficient (Wildman–Crippen LogP) is 3.57. The van der Waals surface area contributed by atoms with Crippen molar-refractivity contribution < 1.29 is 9.59 Å². The van der Waals surface area contributed by atoms with Gasteiger partial charge in [0.2, 0.25) is 5.91 Å². The summed E-state index contributed by atoms with van der Waals surface area (Å²) >= 11 is 0. The predicted molar refractivity (Wildman–Crippen MR) is 79.9 cm³/mol. The number of hydrogen-bond donors (Lipinski definition) is 1. The van der Waals surface area contributed by atoms with E-state index in [0.29, 0.717) is 6.42 Å². The number of carbonyl (C=O) groups is 2. The molecule has 1 amide bonds. The molecule has 0 rings (SSSR count). The van der Waals surface area contributed by atoms with Crippen LogP contribution in [0.2, 0.25) is 0 Å². The molecule has 0 aliphatic rings. The second-order valence-corrected chi connectivity index (χ2v) is 8.72. The van der Waals surface area contributed by atoms with Gasteiger partial charge in [-0.2, -0.15) is 0 Å². The molecule has 0 bridgehead atoms. The molecule has 112 valence electrons. The van der Waals surface area contributed by atoms with Gasteiger partial charge in [0, 0.05) is 11.8 Å². The molecular formula is C16H31NO2. The standard InChI is InChI=1S/C16H31NO2/c1-14(2,3)10-11(18)17-12(15(4,5)6)13(19)16(7,8)9/h12H,10H2,1-9H3,(H,17,18)/t12-/m1/s1. The average molecular weight is 269 g/mol. The summed E-state index contributed by atoms with van der Waals surface area (Å²) in [4.78, 5) is 24.6. The van der Waals surface area contributed by atoms with Crippen molar-refractivity contribution in [2.75, 3.05) is 0 Å². The average Bonchev–Trinajstić information content (AvgIpc) is 2.06. The summed E-state index contributed by atoms with van der Waals surface area (Å²) in [6.45, 7) is 17.7. The van der Waals surface area contributed by atoms with E-state index >= 15 is 0 Å². The van der Waals surface area contributed by atoms with E-state index in [0.717, 1.165) is 0 Å². The van der Waals surface area contributed by atoms with Gasteiger partial charge in [0.1, 0.15) is 0 Å². The molecule has 0 fully saturated rings. The first-order valence-electron chi connectivity index (χ1n) is 6.98. The fourth-order valence-corrected chi connectivity index (χ4v) is 1.80. The molecular weight excluding hydrogens is 238 g/mol. The highest BCUT2D eigenvalue weighted by Crippen LogP contribution is 2.28. The normalized spacial score (nSPS) is 15.0. The van der Waals surface area contributed by atoms with Crippen LogP contribution < -0.4 is 5.32 Å². The number of amides is 1. The first-order valence-corrected chi connectivity index (χ1v) is 6.98. The lowest BCUT2D eigenvalue weighted by atomic mass is 9.75. The highest BCUT2D eigenvalue weighted by atomic mass is 16.2. The molecule has 1 atom stereocenters. The molecule has 0 aromatic rings. The third kappa shape index (κ3) is 6.74. The van der Waals surface area contributed by atoms with E-state index in [1.807, 2.05) is 62.3 Å². The van der Waals surface area contributed by atoms with E-state index in [2.05, 4.69) is 5.32 Å². The molecule has 0 aliphatic heterocycles. The molecule has 0 spiro atoms. The Morgan fingerprint density at radius 1 is 0.895 bits per heavy atom. The van der Waals surface area contributed by atoms with Crippen LogP contribution in [0.5, 0.6) is 0 Å². The summed E-state index contributed by atoms with van der Waals surface area (Å²) < 4.78 is 0. The van der Waals surface area contributed by atoms with Crippen molar-refractivity contribution in [2.45, 2.75) is 74.8 Å². The Kier molecular flexibility index (Phi) is 5.38. The van der Waals surface area contributed by atoms with Crippen LogP contribution in [0.25, 0.3) is 0 Å². The van der Waals surface area contributed by atoms with Gasteiger partial charge < -0.3 is 5.32 Å². The minimum absolute atomic E-state index is 0.0509. The molecule has 0 aromatic heterocycles. The van der Waals surface area contributed by atoms with Crippen molar-refractivity contribution in [3.8, 4) is 0 Å². The lowest BCUT2D eigenvalue weighted by molar-refractivity contribution is -0.135. The van der Waals surface area contributed by atoms with Crippen LogP contribution in [0.1, 0.15) is 68.7 Å². The lowest BCUT2D eigenvalue weighted by Crippen LogP contribution is -2.53. The van der Waals surface area contributed by atoms with Crippen molar-refractivity contribution in [1.29, 1.82) is 0 Å². The summed E-state index contributed by atoms with van der Waals surface area (Å²) in [5, 5.41) is 2.93. The quantitative estimate of drug-likeness (QED) is 0.851. The van der Waals surface area contributed by atoms with Gasteiger partial charge in [0.05, 0.1) is 6.04 Å². The van der Waals surface area contributed by atoms with E-state index in [9.17, 15) is 9.59 Å². The maximum absolute atomic E-state index is 12.5. The summed E-state index contributed by atoms with van der Waals surface area (Å²) in [6, 6.07) is -0.442. The molecule has 3 nitrogen and oxygen atoms in total. The van der Waals surface area contributed by atoms with E-state index in [1.54, 1.807) is 0 Å². The van der Waals surface area contributed by atoms with Crippen LogP contribution in [-0.2, 0) is 9.59 Å². The van der Waals surface area contributed by atoms with Crippen LogP contribution in [-0.4, -0.2) is 17.7 Å². The van der Waals surface area contributed by atoms with Crippen molar-refractivity contribution >= 4 is 11.7 Å². The van der Waals surface area contributed by atoms with Crippen molar-refractivity contribution in [2.24, 2.45) is 16.2 Å². The van der Waals surface area contributed by atoms with Gasteiger partial charge in [0.25, 0.3) is 0 Å². The number of hydrogen-bond acceptors (Lipinski definition) is 2. The van der Waals surface area contributed by atoms with Crippen molar-refractivity contribution in [3.63, 3.8) is 0 Å². The largest absolute Gasteiger partial charge is 0.346 e. The molecule has 0 aliphatic carbocycles. The third-order valence-electron chi connectivity index (χ3n) is 2.86. The Hall–Kier alpha value is -0.860. The molecule has 1 N–H and O–H groups in total. The molecule has 0 saturated carbocycles. The van der Waals surface area contributed by atoms with Gasteiger partial charge in [-0.15, -0.1) is 0 Å². The SMILES string of the molecule is CC(C)(C)CC(=O)N[C@H](C(=O)C(C)(C)C)C(C)(C)C. The highest BCUT2D eigenvalue weighted by molar-refractivity contribution is 5.93. The van der Waals surface area contributed by atoms with Crippen molar-refractivity contribution in [1.82, 2.24) is 5.32 Å². The lowest BCUT2D eigenvalue weighted by Gasteiger charge is -2.35. The fraction of sp³-hybridized carbons (Fsp3) is 0.875. The van der Waals surface area contributed by atoms with Crippen LogP contribution in [0.3, 0.4) is 0 Å². The zero-order valence-corrected chi connectivity index (χ0v) is 14.1. The van der Waals surface area contributed by atoms with E-state index in [1.165, 1.54) is 0 Å². The van der Waals surface area contributed by atoms with Gasteiger partial charge in [-0.05, 0) is 10.8 Å². The Balaban J connectivity index is 5.02. The first-order chi connectivity index (χ1) is 8.14. The molecule has 3 heteroatoms. The highest BCUT2D eigenvalue weighted by Gasteiger charge is 2.38. The summed E-state index contributed by atoms with van der Waals surface area (Å²) in [7, 11) is 0. The zero-order chi connectivity index (χ0) is 15.6. The maximum atomic E-state index is 12.5. The van der Waals surface area contributed by atoms with Gasteiger partial charge in [0.15, 0.2) is 5.78 Å². The van der Waals surface area contributed by atoms with E-state index < -0.39 is 11.5 Å². The first kappa shape index (κ1) is 18.1. The molecule has 19 heavy (non-hydrogen) atoms. The number of nitrogens with one attached hydrogen (secondary N) is 1. The Morgan fingerprint density at radius 3 is 1.58 bits per heavy atom. The monoisotopic (exact) mass is 269 g/mol. The second-order valence-electron chi connectivity index (χ2n) is 8.72. The smallest absolute Gasteiger partial charge is 0.221 e. The van der Waals surface area contributed by atoms with Gasteiger partial charge in [-0.3, -0.25) is 9.59 Å². The Labute approximate surface area is 118 Å². The van der Waals surface area contributed by atoms with E-state index in [4.69, 9.17) is 0 Å². The van der Waals surface area contributed by atoms with Crippen LogP contribution in [0, 0.1) is 16.2 Å². The number of Topliss-reactive ketones (excluding diaryl/α,β-unsaturated/α-hetero) is 1. The minimum atomic E-state index is -0.451. The zero-order valence-electron chi connectivity index (χ0n) is 14.1. The van der Waals surface area contributed by atoms with Crippen LogP contribution in [0.4, 0.5) is 0 Å². The van der Waals surface area contributed by atoms with Gasteiger partial charge >= 0.3 is 0 Å². The molecule has 0 heterocycles. The Morgan fingerprint density at radius 2 is 1.32 bits per heavy atom. The van der Waals surface area contributed by atoms with E-state index in [-0.39, 0.29) is 22.5 Å². The molecule has 0 unspecified atom stereocenters. The third-order valence-corrected chi connectivity index (χ3v) is 2.86. The van der Waals surface area contributed by atoms with Gasteiger partial charge in [-0.25, -0.2) is 0 Å². The summed E-state index contributed by atoms with van der Waals surface area (Å²) in [5.74, 6) is 0.0345. The number of rotatable bonds is 3. The van der Waals surface area contributed by atoms with Crippen molar-refractivity contribution in [3.05, 3.63) is 0 Å². The molecule has 0 aromatic carbocycles. The van der Waals surface area contributed by atoms with Crippen LogP contribution >= 0.6 is 0 Å². The topological polar surface area (TPSA) is 46.2 Å². The Bertz CT molecular complexity index is 337. The van der Waals surface area contributed by atoms with Gasteiger partial charge in [-0.1, -0.05) is 62.3 Å². The number of ketones is 1. The van der Waals surface area contributed by atoms with Crippen LogP contribution in [0.15, 0.2) is 0 Å². The number of carbonyl (C=O) groups excluding carboxylic acids is 2. The molecule has 0 radical (unpaired) electrons. The second kappa shape index (κ2) is 5.64. The minimum Gasteiger partial charge on any atom is -0.346 e. The summed E-state index contributed by atoms with van der Waals surface area (Å²) in [6.07, 6.45) is 0.428. The fourth-order valence-electron chi connectivity index (χ4n) is 1.80.